The zero-order valence-electron chi connectivity index (χ0n) is 13.4. The number of aryl methyl sites for hydroxylation is 2. The van der Waals surface area contributed by atoms with Gasteiger partial charge in [-0.3, -0.25) is 9.78 Å². The van der Waals surface area contributed by atoms with Crippen LogP contribution in [0.5, 0.6) is 0 Å². The Morgan fingerprint density at radius 3 is 2.74 bits per heavy atom. The van der Waals surface area contributed by atoms with E-state index in [4.69, 9.17) is 0 Å². The molecule has 1 saturated carbocycles. The van der Waals surface area contributed by atoms with Gasteiger partial charge in [-0.05, 0) is 51.2 Å². The minimum Gasteiger partial charge on any atom is -0.348 e. The number of thiazole rings is 1. The Hall–Kier alpha value is -1.40. The second kappa shape index (κ2) is 7.45. The van der Waals surface area contributed by atoms with Crippen LogP contribution < -0.4 is 5.32 Å². The molecule has 0 aliphatic heterocycles. The Morgan fingerprint density at radius 2 is 2.09 bits per heavy atom. The Kier molecular flexibility index (Phi) is 5.33. The summed E-state index contributed by atoms with van der Waals surface area (Å²) in [5.74, 6) is -0.0465. The number of carbonyl (C=O) groups is 1. The fourth-order valence-electron chi connectivity index (χ4n) is 2.83. The van der Waals surface area contributed by atoms with Crippen LogP contribution in [0.25, 0.3) is 0 Å². The normalized spacial score (nSPS) is 21.1. The first-order chi connectivity index (χ1) is 11.1. The van der Waals surface area contributed by atoms with Crippen LogP contribution in [0, 0.1) is 13.8 Å². The van der Waals surface area contributed by atoms with E-state index < -0.39 is 0 Å². The lowest BCUT2D eigenvalue weighted by atomic mass is 9.95. The van der Waals surface area contributed by atoms with Crippen LogP contribution in [0.1, 0.15) is 47.4 Å². The van der Waals surface area contributed by atoms with E-state index in [-0.39, 0.29) is 11.9 Å². The largest absolute Gasteiger partial charge is 0.348 e. The number of hydrogen-bond donors (Lipinski definition) is 1. The minimum atomic E-state index is -0.0465. The van der Waals surface area contributed by atoms with E-state index in [1.807, 2.05) is 37.7 Å². The van der Waals surface area contributed by atoms with Crippen LogP contribution >= 0.6 is 23.1 Å². The third-order valence-corrected chi connectivity index (χ3v) is 6.53. The van der Waals surface area contributed by atoms with Gasteiger partial charge >= 0.3 is 0 Å². The Morgan fingerprint density at radius 1 is 1.30 bits per heavy atom. The van der Waals surface area contributed by atoms with Crippen LogP contribution in [-0.4, -0.2) is 27.2 Å². The van der Waals surface area contributed by atoms with E-state index in [9.17, 15) is 4.79 Å². The molecule has 1 aliphatic rings. The Bertz CT molecular complexity index is 678. The van der Waals surface area contributed by atoms with Gasteiger partial charge in [0, 0.05) is 28.6 Å². The van der Waals surface area contributed by atoms with Gasteiger partial charge in [0.25, 0.3) is 5.91 Å². The molecule has 0 atom stereocenters. The number of pyridine rings is 1. The maximum Gasteiger partial charge on any atom is 0.270 e. The highest BCUT2D eigenvalue weighted by atomic mass is 32.2. The topological polar surface area (TPSA) is 54.9 Å². The molecule has 0 unspecified atom stereocenters. The fourth-order valence-corrected chi connectivity index (χ4v) is 5.12. The summed E-state index contributed by atoms with van der Waals surface area (Å²) in [5, 5.41) is 5.86. The van der Waals surface area contributed by atoms with Crippen LogP contribution in [0.2, 0.25) is 0 Å². The third-order valence-electron chi connectivity index (χ3n) is 4.10. The lowest BCUT2D eigenvalue weighted by Crippen LogP contribution is -2.38. The maximum atomic E-state index is 12.3. The smallest absolute Gasteiger partial charge is 0.270 e. The van der Waals surface area contributed by atoms with Crippen molar-refractivity contribution >= 4 is 29.0 Å². The minimum absolute atomic E-state index is 0.0465. The average Bonchev–Trinajstić information content (AvgIpc) is 2.95. The summed E-state index contributed by atoms with van der Waals surface area (Å²) in [6.07, 6.45) is 5.97. The summed E-state index contributed by atoms with van der Waals surface area (Å²) in [5.41, 5.74) is 2.57. The van der Waals surface area contributed by atoms with Crippen LogP contribution in [0.15, 0.2) is 28.0 Å². The third kappa shape index (κ3) is 4.32. The highest BCUT2D eigenvalue weighted by Gasteiger charge is 2.24. The van der Waals surface area contributed by atoms with Gasteiger partial charge in [0.2, 0.25) is 0 Å². The first kappa shape index (κ1) is 16.5. The second-order valence-electron chi connectivity index (χ2n) is 5.99. The summed E-state index contributed by atoms with van der Waals surface area (Å²) in [4.78, 5) is 21.0. The lowest BCUT2D eigenvalue weighted by Gasteiger charge is -2.28. The molecule has 1 N–H and O–H groups in total. The first-order valence-corrected chi connectivity index (χ1v) is 9.69. The molecule has 0 bridgehead atoms. The lowest BCUT2D eigenvalue weighted by molar-refractivity contribution is 0.0922. The molecule has 0 spiro atoms. The van der Waals surface area contributed by atoms with E-state index in [1.54, 1.807) is 17.5 Å². The molecule has 2 heterocycles. The van der Waals surface area contributed by atoms with E-state index in [0.29, 0.717) is 10.9 Å². The van der Waals surface area contributed by atoms with Crippen molar-refractivity contribution in [2.24, 2.45) is 0 Å². The van der Waals surface area contributed by atoms with Crippen LogP contribution in [-0.2, 0) is 0 Å². The molecule has 4 nitrogen and oxygen atoms in total. The van der Waals surface area contributed by atoms with E-state index >= 15 is 0 Å². The number of aromatic nitrogens is 2. The summed E-state index contributed by atoms with van der Waals surface area (Å²) >= 11 is 3.61. The summed E-state index contributed by atoms with van der Waals surface area (Å²) in [6, 6.07) is 4.04. The summed E-state index contributed by atoms with van der Waals surface area (Å²) in [6.45, 7) is 3.96. The molecular formula is C17H21N3OS2. The highest BCUT2D eigenvalue weighted by Crippen LogP contribution is 2.35. The van der Waals surface area contributed by atoms with Crippen molar-refractivity contribution in [1.82, 2.24) is 15.3 Å². The molecule has 0 aromatic carbocycles. The van der Waals surface area contributed by atoms with Gasteiger partial charge in [-0.25, -0.2) is 4.98 Å². The molecule has 1 fully saturated rings. The molecule has 3 rings (SSSR count). The Labute approximate surface area is 145 Å². The van der Waals surface area contributed by atoms with Gasteiger partial charge < -0.3 is 5.32 Å². The van der Waals surface area contributed by atoms with Gasteiger partial charge in [0.15, 0.2) is 0 Å². The number of hydrogen-bond acceptors (Lipinski definition) is 5. The average molecular weight is 348 g/mol. The molecule has 0 radical (unpaired) electrons. The quantitative estimate of drug-likeness (QED) is 0.908. The first-order valence-electron chi connectivity index (χ1n) is 7.93. The van der Waals surface area contributed by atoms with Gasteiger partial charge in [-0.2, -0.15) is 0 Å². The number of nitrogens with one attached hydrogen (secondary N) is 1. The number of rotatable bonds is 4. The maximum absolute atomic E-state index is 12.3. The number of amides is 1. The molecule has 0 saturated heterocycles. The van der Waals surface area contributed by atoms with Crippen molar-refractivity contribution < 1.29 is 4.79 Å². The number of nitrogens with zero attached hydrogens (tertiary/aromatic N) is 2. The molecular weight excluding hydrogens is 326 g/mol. The predicted octanol–water partition coefficient (Wildman–Crippen LogP) is 3.99. The molecule has 2 aromatic rings. The zero-order valence-corrected chi connectivity index (χ0v) is 15.0. The fraction of sp³-hybridized carbons (Fsp3) is 0.471. The molecule has 1 amide bonds. The van der Waals surface area contributed by atoms with Crippen molar-refractivity contribution in [3.8, 4) is 0 Å². The predicted molar refractivity (Wildman–Crippen MR) is 95.2 cm³/mol. The van der Waals surface area contributed by atoms with Gasteiger partial charge in [-0.1, -0.05) is 17.8 Å². The van der Waals surface area contributed by atoms with Crippen molar-refractivity contribution in [2.45, 2.75) is 55.2 Å². The highest BCUT2D eigenvalue weighted by molar-refractivity contribution is 8.01. The number of carbonyl (C=O) groups excluding carboxylic acids is 1. The van der Waals surface area contributed by atoms with Gasteiger partial charge in [0.05, 0.1) is 0 Å². The van der Waals surface area contributed by atoms with Crippen LogP contribution in [0.3, 0.4) is 0 Å². The van der Waals surface area contributed by atoms with E-state index in [2.05, 4.69) is 20.7 Å². The number of thioether (sulfide) groups is 1. The SMILES string of the molecule is Cc1csc(SC2CCC(NC(=O)c3ncccc3C)CC2)n1. The Balaban J connectivity index is 1.49. The zero-order chi connectivity index (χ0) is 16.2. The summed E-state index contributed by atoms with van der Waals surface area (Å²) in [7, 11) is 0. The monoisotopic (exact) mass is 347 g/mol. The van der Waals surface area contributed by atoms with Gasteiger partial charge in [-0.15, -0.1) is 11.3 Å². The van der Waals surface area contributed by atoms with Crippen molar-refractivity contribution in [2.75, 3.05) is 0 Å². The molecule has 1 aliphatic carbocycles. The van der Waals surface area contributed by atoms with Crippen LogP contribution in [0.4, 0.5) is 0 Å². The van der Waals surface area contributed by atoms with Gasteiger partial charge in [0.1, 0.15) is 10.0 Å². The van der Waals surface area contributed by atoms with Crippen molar-refractivity contribution in [3.63, 3.8) is 0 Å². The standard InChI is InChI=1S/C17H21N3OS2/c1-11-4-3-9-18-15(11)16(21)20-13-5-7-14(8-6-13)23-17-19-12(2)10-22-17/h3-4,9-10,13-14H,5-8H2,1-2H3,(H,20,21). The molecule has 23 heavy (non-hydrogen) atoms. The second-order valence-corrected chi connectivity index (χ2v) is 8.39. The summed E-state index contributed by atoms with van der Waals surface area (Å²) < 4.78 is 1.17. The molecule has 122 valence electrons. The van der Waals surface area contributed by atoms with Crippen molar-refractivity contribution in [1.29, 1.82) is 0 Å². The molecule has 6 heteroatoms. The van der Waals surface area contributed by atoms with E-state index in [0.717, 1.165) is 36.9 Å². The van der Waals surface area contributed by atoms with Crippen molar-refractivity contribution in [3.05, 3.63) is 40.7 Å². The molecule has 2 aromatic heterocycles. The van der Waals surface area contributed by atoms with E-state index in [1.165, 1.54) is 4.34 Å².